The number of benzene rings is 1. The fourth-order valence-electron chi connectivity index (χ4n) is 1.85. The summed E-state index contributed by atoms with van der Waals surface area (Å²) >= 11 is 5.82. The largest absolute Gasteiger partial charge is 0.437 e. The van der Waals surface area contributed by atoms with Crippen molar-refractivity contribution in [2.45, 2.75) is 6.92 Å². The summed E-state index contributed by atoms with van der Waals surface area (Å²) in [6, 6.07) is 6.44. The van der Waals surface area contributed by atoms with Gasteiger partial charge in [0, 0.05) is 11.1 Å². The first-order valence-corrected chi connectivity index (χ1v) is 6.10. The van der Waals surface area contributed by atoms with Gasteiger partial charge in [-0.05, 0) is 25.1 Å². The van der Waals surface area contributed by atoms with Crippen LogP contribution < -0.4 is 16.2 Å². The van der Waals surface area contributed by atoms with E-state index in [1.165, 1.54) is 4.40 Å². The second kappa shape index (κ2) is 4.53. The van der Waals surface area contributed by atoms with Crippen LogP contribution in [0.25, 0.3) is 5.65 Å². The fraction of sp³-hybridized carbons (Fsp3) is 0.0833. The van der Waals surface area contributed by atoms with Crippen molar-refractivity contribution < 1.29 is 4.74 Å². The Kier molecular flexibility index (Phi) is 2.83. The molecule has 102 valence electrons. The molecule has 3 rings (SSSR count). The fourth-order valence-corrected chi connectivity index (χ4v) is 2.03. The Morgan fingerprint density at radius 1 is 1.40 bits per heavy atom. The number of H-pyrrole nitrogens is 1. The van der Waals surface area contributed by atoms with Crippen LogP contribution in [0, 0.1) is 6.92 Å². The van der Waals surface area contributed by atoms with Gasteiger partial charge in [0.2, 0.25) is 5.88 Å². The Hall–Kier alpha value is -2.54. The molecule has 0 aliphatic heterocycles. The molecule has 20 heavy (non-hydrogen) atoms. The van der Waals surface area contributed by atoms with E-state index in [2.05, 4.69) is 15.2 Å². The van der Waals surface area contributed by atoms with Crippen molar-refractivity contribution in [3.8, 4) is 11.6 Å². The maximum absolute atomic E-state index is 11.5. The maximum atomic E-state index is 11.5. The summed E-state index contributed by atoms with van der Waals surface area (Å²) < 4.78 is 6.94. The van der Waals surface area contributed by atoms with Gasteiger partial charge in [-0.2, -0.15) is 10.1 Å². The molecule has 0 saturated carbocycles. The number of nitrogens with zero attached hydrogens (tertiary/aromatic N) is 3. The van der Waals surface area contributed by atoms with E-state index in [-0.39, 0.29) is 5.69 Å². The quantitative estimate of drug-likeness (QED) is 0.701. The van der Waals surface area contributed by atoms with E-state index in [4.69, 9.17) is 22.1 Å². The molecule has 2 aromatic heterocycles. The minimum absolute atomic E-state index is 0.294. The van der Waals surface area contributed by atoms with Gasteiger partial charge in [0.05, 0.1) is 5.69 Å². The van der Waals surface area contributed by atoms with Crippen LogP contribution in [0.15, 0.2) is 29.1 Å². The summed E-state index contributed by atoms with van der Waals surface area (Å²) in [7, 11) is 0. The molecule has 0 aliphatic carbocycles. The van der Waals surface area contributed by atoms with Crippen LogP contribution in [0.5, 0.6) is 11.6 Å². The molecule has 0 spiro atoms. The highest BCUT2D eigenvalue weighted by atomic mass is 35.5. The molecule has 0 saturated heterocycles. The Bertz CT molecular complexity index is 855. The van der Waals surface area contributed by atoms with Gasteiger partial charge in [-0.1, -0.05) is 11.6 Å². The number of aromatic amines is 1. The third-order valence-corrected chi connectivity index (χ3v) is 2.97. The Morgan fingerprint density at radius 2 is 2.20 bits per heavy atom. The van der Waals surface area contributed by atoms with Crippen LogP contribution in [-0.2, 0) is 0 Å². The third-order valence-electron chi connectivity index (χ3n) is 2.73. The number of fused-ring (bicyclic) bond motifs is 1. The van der Waals surface area contributed by atoms with Crippen molar-refractivity contribution in [2.24, 2.45) is 0 Å². The van der Waals surface area contributed by atoms with Crippen molar-refractivity contribution in [3.63, 3.8) is 0 Å². The van der Waals surface area contributed by atoms with Gasteiger partial charge in [-0.3, -0.25) is 0 Å². The molecular weight excluding hydrogens is 282 g/mol. The number of ether oxygens (including phenoxy) is 1. The van der Waals surface area contributed by atoms with Crippen LogP contribution in [-0.4, -0.2) is 19.6 Å². The molecule has 0 fully saturated rings. The number of aromatic nitrogens is 4. The monoisotopic (exact) mass is 291 g/mol. The van der Waals surface area contributed by atoms with Gasteiger partial charge in [0.1, 0.15) is 5.82 Å². The smallest absolute Gasteiger partial charge is 0.349 e. The summed E-state index contributed by atoms with van der Waals surface area (Å²) in [5.41, 5.74) is 6.29. The van der Waals surface area contributed by atoms with Crippen molar-refractivity contribution in [3.05, 3.63) is 45.6 Å². The Labute approximate surface area is 118 Å². The second-order valence-corrected chi connectivity index (χ2v) is 4.58. The minimum atomic E-state index is -0.345. The van der Waals surface area contributed by atoms with E-state index in [1.807, 2.05) is 0 Å². The van der Waals surface area contributed by atoms with Crippen molar-refractivity contribution in [2.75, 3.05) is 5.73 Å². The summed E-state index contributed by atoms with van der Waals surface area (Å²) in [4.78, 5) is 15.7. The molecule has 0 radical (unpaired) electrons. The van der Waals surface area contributed by atoms with Crippen molar-refractivity contribution in [1.82, 2.24) is 19.6 Å². The number of nitrogen functional groups attached to an aromatic ring is 1. The number of aryl methyl sites for hydroxylation is 1. The van der Waals surface area contributed by atoms with E-state index in [0.29, 0.717) is 33.8 Å². The normalized spacial score (nSPS) is 10.9. The zero-order valence-electron chi connectivity index (χ0n) is 10.4. The van der Waals surface area contributed by atoms with Gasteiger partial charge in [0.25, 0.3) is 0 Å². The standard InChI is InChI=1S/C12H10ClN5O2/c1-6-15-11(5-10-16-17-12(19)18(6)10)20-9-3-2-7(13)4-8(9)14/h2-5H,14H2,1H3,(H,17,19). The van der Waals surface area contributed by atoms with E-state index in [1.54, 1.807) is 31.2 Å². The molecule has 8 heteroatoms. The zero-order chi connectivity index (χ0) is 14.3. The van der Waals surface area contributed by atoms with Crippen LogP contribution in [0.1, 0.15) is 5.82 Å². The average molecular weight is 292 g/mol. The predicted molar refractivity (Wildman–Crippen MR) is 74.3 cm³/mol. The molecule has 7 nitrogen and oxygen atoms in total. The molecule has 0 bridgehead atoms. The molecule has 0 amide bonds. The summed E-state index contributed by atoms with van der Waals surface area (Å²) in [5.74, 6) is 1.19. The number of nitrogens with two attached hydrogens (primary N) is 1. The SMILES string of the molecule is Cc1nc(Oc2ccc(Cl)cc2N)cc2n[nH]c(=O)n12. The van der Waals surface area contributed by atoms with Gasteiger partial charge in [-0.25, -0.2) is 14.3 Å². The average Bonchev–Trinajstić information content (AvgIpc) is 2.75. The minimum Gasteiger partial charge on any atom is -0.437 e. The third kappa shape index (κ3) is 2.08. The predicted octanol–water partition coefficient (Wildman–Crippen LogP) is 1.75. The van der Waals surface area contributed by atoms with E-state index in [0.717, 1.165) is 0 Å². The Morgan fingerprint density at radius 3 is 2.95 bits per heavy atom. The first-order chi connectivity index (χ1) is 9.54. The molecule has 0 unspecified atom stereocenters. The van der Waals surface area contributed by atoms with Gasteiger partial charge >= 0.3 is 5.69 Å². The van der Waals surface area contributed by atoms with Crippen LogP contribution >= 0.6 is 11.6 Å². The number of hydrogen-bond acceptors (Lipinski definition) is 5. The van der Waals surface area contributed by atoms with Gasteiger partial charge in [0.15, 0.2) is 11.4 Å². The van der Waals surface area contributed by atoms with Crippen LogP contribution in [0.2, 0.25) is 5.02 Å². The van der Waals surface area contributed by atoms with E-state index < -0.39 is 0 Å². The lowest BCUT2D eigenvalue weighted by Crippen LogP contribution is -2.13. The topological polar surface area (TPSA) is 98.3 Å². The van der Waals surface area contributed by atoms with Crippen molar-refractivity contribution >= 4 is 22.9 Å². The lowest BCUT2D eigenvalue weighted by Gasteiger charge is -2.08. The first-order valence-electron chi connectivity index (χ1n) is 5.72. The number of hydrogen-bond donors (Lipinski definition) is 2. The van der Waals surface area contributed by atoms with Crippen LogP contribution in [0.3, 0.4) is 0 Å². The number of nitrogens with one attached hydrogen (secondary N) is 1. The molecule has 0 aliphatic rings. The summed E-state index contributed by atoms with van der Waals surface area (Å²) in [5, 5.41) is 6.74. The highest BCUT2D eigenvalue weighted by molar-refractivity contribution is 6.30. The van der Waals surface area contributed by atoms with Gasteiger partial charge < -0.3 is 10.5 Å². The lowest BCUT2D eigenvalue weighted by molar-refractivity contribution is 0.462. The molecule has 2 heterocycles. The molecule has 1 aromatic carbocycles. The molecule has 3 aromatic rings. The second-order valence-electron chi connectivity index (χ2n) is 4.15. The number of anilines is 1. The maximum Gasteiger partial charge on any atom is 0.349 e. The number of rotatable bonds is 2. The van der Waals surface area contributed by atoms with E-state index in [9.17, 15) is 4.79 Å². The molecular formula is C12H10ClN5O2. The van der Waals surface area contributed by atoms with Crippen LogP contribution in [0.4, 0.5) is 5.69 Å². The summed E-state index contributed by atoms with van der Waals surface area (Å²) in [6.07, 6.45) is 0. The van der Waals surface area contributed by atoms with Crippen molar-refractivity contribution in [1.29, 1.82) is 0 Å². The van der Waals surface area contributed by atoms with E-state index >= 15 is 0 Å². The van der Waals surface area contributed by atoms with Gasteiger partial charge in [-0.15, -0.1) is 0 Å². The number of halogens is 1. The highest BCUT2D eigenvalue weighted by Crippen LogP contribution is 2.29. The first kappa shape index (κ1) is 12.5. The molecule has 3 N–H and O–H groups in total. The highest BCUT2D eigenvalue weighted by Gasteiger charge is 2.10. The Balaban J connectivity index is 2.04. The summed E-state index contributed by atoms with van der Waals surface area (Å²) in [6.45, 7) is 1.68. The molecule has 0 atom stereocenters. The zero-order valence-corrected chi connectivity index (χ0v) is 11.2. The lowest BCUT2D eigenvalue weighted by atomic mass is 10.3.